The van der Waals surface area contributed by atoms with Gasteiger partial charge in [0, 0.05) is 50.2 Å². The molecule has 0 unspecified atom stereocenters. The molecule has 1 saturated carbocycles. The van der Waals surface area contributed by atoms with Crippen molar-refractivity contribution in [2.45, 2.75) is 31.7 Å². The second kappa shape index (κ2) is 6.61. The topological polar surface area (TPSA) is 28.2 Å². The van der Waals surface area contributed by atoms with Crippen LogP contribution in [0, 0.1) is 5.92 Å². The van der Waals surface area contributed by atoms with E-state index in [1.54, 1.807) is 12.4 Å². The Labute approximate surface area is 130 Å². The number of piperazine rings is 1. The van der Waals surface area contributed by atoms with Gasteiger partial charge < -0.3 is 5.32 Å². The summed E-state index contributed by atoms with van der Waals surface area (Å²) >= 11 is 12.9. The maximum absolute atomic E-state index is 6.43. The highest BCUT2D eigenvalue weighted by Crippen LogP contribution is 2.44. The molecule has 3 rings (SSSR count). The zero-order valence-corrected chi connectivity index (χ0v) is 13.1. The van der Waals surface area contributed by atoms with E-state index in [-0.39, 0.29) is 0 Å². The molecular weight excluding hydrogens is 293 g/mol. The number of pyridine rings is 1. The standard InChI is InChI=1S/C15H21Cl2N3/c16-12-9-19-10-13(17)14(12)15(11-3-1-2-4-11)20-7-5-18-6-8-20/h9-11,15,18H,1-8H2/t15-/m1/s1. The van der Waals surface area contributed by atoms with E-state index >= 15 is 0 Å². The molecule has 0 spiro atoms. The van der Waals surface area contributed by atoms with Crippen molar-refractivity contribution in [2.24, 2.45) is 5.92 Å². The Morgan fingerprint density at radius 3 is 2.30 bits per heavy atom. The summed E-state index contributed by atoms with van der Waals surface area (Å²) in [5.74, 6) is 0.672. The Morgan fingerprint density at radius 1 is 1.10 bits per heavy atom. The number of hydrogen-bond donors (Lipinski definition) is 1. The molecule has 1 saturated heterocycles. The summed E-state index contributed by atoms with van der Waals surface area (Å²) in [5, 5.41) is 4.85. The van der Waals surface area contributed by atoms with Gasteiger partial charge in [0.15, 0.2) is 0 Å². The highest BCUT2D eigenvalue weighted by molar-refractivity contribution is 6.35. The highest BCUT2D eigenvalue weighted by atomic mass is 35.5. The molecule has 20 heavy (non-hydrogen) atoms. The molecule has 2 fully saturated rings. The predicted octanol–water partition coefficient (Wildman–Crippen LogP) is 3.52. The molecule has 1 N–H and O–H groups in total. The van der Waals surface area contributed by atoms with E-state index in [1.807, 2.05) is 0 Å². The lowest BCUT2D eigenvalue weighted by Gasteiger charge is -2.39. The van der Waals surface area contributed by atoms with Gasteiger partial charge in [-0.05, 0) is 18.8 Å². The number of aromatic nitrogens is 1. The monoisotopic (exact) mass is 313 g/mol. The minimum absolute atomic E-state index is 0.350. The minimum atomic E-state index is 0.350. The average molecular weight is 314 g/mol. The molecule has 1 aromatic rings. The lowest BCUT2D eigenvalue weighted by molar-refractivity contribution is 0.125. The number of hydrogen-bond acceptors (Lipinski definition) is 3. The average Bonchev–Trinajstić information content (AvgIpc) is 2.98. The van der Waals surface area contributed by atoms with Crippen LogP contribution in [0.4, 0.5) is 0 Å². The summed E-state index contributed by atoms with van der Waals surface area (Å²) in [4.78, 5) is 6.66. The molecule has 2 heterocycles. The van der Waals surface area contributed by atoms with Crippen molar-refractivity contribution in [3.05, 3.63) is 28.0 Å². The molecule has 110 valence electrons. The first-order valence-electron chi connectivity index (χ1n) is 7.51. The van der Waals surface area contributed by atoms with E-state index in [0.717, 1.165) is 31.7 Å². The lowest BCUT2D eigenvalue weighted by atomic mass is 9.90. The summed E-state index contributed by atoms with van der Waals surface area (Å²) in [7, 11) is 0. The normalized spacial score (nSPS) is 23.1. The molecule has 2 aliphatic rings. The van der Waals surface area contributed by atoms with Crippen molar-refractivity contribution in [2.75, 3.05) is 26.2 Å². The van der Waals surface area contributed by atoms with Crippen LogP contribution in [0.1, 0.15) is 37.3 Å². The van der Waals surface area contributed by atoms with Gasteiger partial charge >= 0.3 is 0 Å². The second-order valence-electron chi connectivity index (χ2n) is 5.79. The maximum Gasteiger partial charge on any atom is 0.0652 e. The van der Waals surface area contributed by atoms with Gasteiger partial charge in [-0.15, -0.1) is 0 Å². The van der Waals surface area contributed by atoms with E-state index in [4.69, 9.17) is 23.2 Å². The molecule has 0 radical (unpaired) electrons. The first-order valence-corrected chi connectivity index (χ1v) is 8.26. The fourth-order valence-electron chi connectivity index (χ4n) is 3.65. The van der Waals surface area contributed by atoms with E-state index in [0.29, 0.717) is 22.0 Å². The SMILES string of the molecule is Clc1cncc(Cl)c1[C@@H](C1CCCC1)N1CCNCC1. The molecule has 1 aliphatic carbocycles. The Kier molecular flexibility index (Phi) is 4.82. The summed E-state index contributed by atoms with van der Waals surface area (Å²) in [5.41, 5.74) is 1.09. The summed E-state index contributed by atoms with van der Waals surface area (Å²) in [6.07, 6.45) is 8.67. The van der Waals surface area contributed by atoms with E-state index in [9.17, 15) is 0 Å². The molecule has 1 aliphatic heterocycles. The van der Waals surface area contributed by atoms with E-state index in [2.05, 4.69) is 15.2 Å². The lowest BCUT2D eigenvalue weighted by Crippen LogP contribution is -2.46. The van der Waals surface area contributed by atoms with Gasteiger partial charge in [0.05, 0.1) is 10.0 Å². The van der Waals surface area contributed by atoms with Gasteiger partial charge in [-0.2, -0.15) is 0 Å². The highest BCUT2D eigenvalue weighted by Gasteiger charge is 2.34. The third kappa shape index (κ3) is 2.96. The maximum atomic E-state index is 6.43. The largest absolute Gasteiger partial charge is 0.314 e. The molecule has 1 aromatic heterocycles. The Morgan fingerprint density at radius 2 is 1.70 bits per heavy atom. The van der Waals surface area contributed by atoms with Crippen LogP contribution < -0.4 is 5.32 Å². The van der Waals surface area contributed by atoms with Gasteiger partial charge in [-0.25, -0.2) is 0 Å². The first-order chi connectivity index (χ1) is 9.77. The second-order valence-corrected chi connectivity index (χ2v) is 6.61. The van der Waals surface area contributed by atoms with Gasteiger partial charge in [0.25, 0.3) is 0 Å². The van der Waals surface area contributed by atoms with Crippen molar-refractivity contribution >= 4 is 23.2 Å². The molecule has 5 heteroatoms. The third-order valence-corrected chi connectivity index (χ3v) is 5.18. The van der Waals surface area contributed by atoms with Crippen LogP contribution in [0.3, 0.4) is 0 Å². The summed E-state index contributed by atoms with van der Waals surface area (Å²) in [6.45, 7) is 4.22. The van der Waals surface area contributed by atoms with Gasteiger partial charge in [0.2, 0.25) is 0 Å². The van der Waals surface area contributed by atoms with Crippen LogP contribution in [0.15, 0.2) is 12.4 Å². The third-order valence-electron chi connectivity index (χ3n) is 4.58. The van der Waals surface area contributed by atoms with Gasteiger partial charge in [-0.3, -0.25) is 9.88 Å². The smallest absolute Gasteiger partial charge is 0.0652 e. The quantitative estimate of drug-likeness (QED) is 0.925. The van der Waals surface area contributed by atoms with Gasteiger partial charge in [-0.1, -0.05) is 36.0 Å². The number of rotatable bonds is 3. The first kappa shape index (κ1) is 14.6. The fraction of sp³-hybridized carbons (Fsp3) is 0.667. The number of nitrogens with zero attached hydrogens (tertiary/aromatic N) is 2. The van der Waals surface area contributed by atoms with Crippen LogP contribution in [-0.2, 0) is 0 Å². The summed E-state index contributed by atoms with van der Waals surface area (Å²) in [6, 6.07) is 0.350. The molecule has 0 amide bonds. The zero-order valence-electron chi connectivity index (χ0n) is 11.6. The molecule has 0 bridgehead atoms. The Bertz CT molecular complexity index is 434. The van der Waals surface area contributed by atoms with Crippen molar-refractivity contribution in [1.29, 1.82) is 0 Å². The van der Waals surface area contributed by atoms with Crippen LogP contribution in [-0.4, -0.2) is 36.1 Å². The van der Waals surface area contributed by atoms with Crippen molar-refractivity contribution < 1.29 is 0 Å². The molecule has 3 nitrogen and oxygen atoms in total. The van der Waals surface area contributed by atoms with Crippen molar-refractivity contribution in [1.82, 2.24) is 15.2 Å². The zero-order chi connectivity index (χ0) is 13.9. The van der Waals surface area contributed by atoms with E-state index in [1.165, 1.54) is 25.7 Å². The van der Waals surface area contributed by atoms with Crippen molar-refractivity contribution in [3.63, 3.8) is 0 Å². The fourth-order valence-corrected chi connectivity index (χ4v) is 4.24. The molecule has 0 aromatic carbocycles. The van der Waals surface area contributed by atoms with Gasteiger partial charge in [0.1, 0.15) is 0 Å². The number of halogens is 2. The Balaban J connectivity index is 1.95. The molecular formula is C15H21Cl2N3. The Hall–Kier alpha value is -0.350. The van der Waals surface area contributed by atoms with Crippen molar-refractivity contribution in [3.8, 4) is 0 Å². The summed E-state index contributed by atoms with van der Waals surface area (Å²) < 4.78 is 0. The van der Waals surface area contributed by atoms with E-state index < -0.39 is 0 Å². The van der Waals surface area contributed by atoms with Crippen LogP contribution in [0.5, 0.6) is 0 Å². The van der Waals surface area contributed by atoms with Crippen LogP contribution in [0.2, 0.25) is 10.0 Å². The minimum Gasteiger partial charge on any atom is -0.314 e. The van der Waals surface area contributed by atoms with Crippen LogP contribution in [0.25, 0.3) is 0 Å². The molecule has 1 atom stereocenters. The predicted molar refractivity (Wildman–Crippen MR) is 83.4 cm³/mol. The number of nitrogens with one attached hydrogen (secondary N) is 1. The van der Waals surface area contributed by atoms with Crippen LogP contribution >= 0.6 is 23.2 Å².